The number of hydrogen-bond acceptors (Lipinski definition) is 4. The molecular weight excluding hydrogens is 382 g/mol. The Bertz CT molecular complexity index is 805. The Labute approximate surface area is 168 Å². The van der Waals surface area contributed by atoms with E-state index in [2.05, 4.69) is 10.2 Å². The molecule has 2 amide bonds. The van der Waals surface area contributed by atoms with Gasteiger partial charge in [0.2, 0.25) is 11.8 Å². The summed E-state index contributed by atoms with van der Waals surface area (Å²) < 4.78 is 0. The number of rotatable bonds is 5. The van der Waals surface area contributed by atoms with E-state index in [0.29, 0.717) is 23.9 Å². The Morgan fingerprint density at radius 3 is 2.37 bits per heavy atom. The standard InChI is InChI=1S/C20H22ClN3O2S/c1-15(25)23-10-12-24(13-11-23)19-5-3-2-4-18(19)22-20(26)14-27-17-8-6-16(21)7-9-17/h2-9H,10-14H2,1H3,(H,22,26). The SMILES string of the molecule is CC(=O)N1CCN(c2ccccc2NC(=O)CSc2ccc(Cl)cc2)CC1. The molecule has 0 radical (unpaired) electrons. The number of amides is 2. The van der Waals surface area contributed by atoms with Crippen LogP contribution in [-0.2, 0) is 9.59 Å². The highest BCUT2D eigenvalue weighted by atomic mass is 35.5. The summed E-state index contributed by atoms with van der Waals surface area (Å²) in [5, 5.41) is 3.70. The van der Waals surface area contributed by atoms with Gasteiger partial charge in [0.1, 0.15) is 0 Å². The van der Waals surface area contributed by atoms with Gasteiger partial charge in [-0.1, -0.05) is 23.7 Å². The van der Waals surface area contributed by atoms with E-state index in [1.54, 1.807) is 6.92 Å². The molecule has 0 aliphatic carbocycles. The monoisotopic (exact) mass is 403 g/mol. The van der Waals surface area contributed by atoms with Gasteiger partial charge in [0.05, 0.1) is 17.1 Å². The van der Waals surface area contributed by atoms with Crippen LogP contribution in [0.3, 0.4) is 0 Å². The molecule has 1 heterocycles. The molecule has 2 aromatic rings. The van der Waals surface area contributed by atoms with Gasteiger partial charge in [-0.15, -0.1) is 11.8 Å². The van der Waals surface area contributed by atoms with E-state index in [4.69, 9.17) is 11.6 Å². The molecule has 0 aromatic heterocycles. The third-order valence-electron chi connectivity index (χ3n) is 4.43. The second-order valence-electron chi connectivity index (χ2n) is 6.30. The van der Waals surface area contributed by atoms with Gasteiger partial charge in [0.15, 0.2) is 0 Å². The summed E-state index contributed by atoms with van der Waals surface area (Å²) in [4.78, 5) is 29.0. The molecule has 3 rings (SSSR count). The molecule has 27 heavy (non-hydrogen) atoms. The molecule has 7 heteroatoms. The third kappa shape index (κ3) is 5.40. The van der Waals surface area contributed by atoms with Gasteiger partial charge >= 0.3 is 0 Å². The maximum Gasteiger partial charge on any atom is 0.234 e. The minimum Gasteiger partial charge on any atom is -0.366 e. The number of benzene rings is 2. The van der Waals surface area contributed by atoms with Crippen molar-refractivity contribution < 1.29 is 9.59 Å². The van der Waals surface area contributed by atoms with Crippen molar-refractivity contribution >= 4 is 46.6 Å². The summed E-state index contributed by atoms with van der Waals surface area (Å²) in [5.41, 5.74) is 1.79. The molecule has 0 saturated carbocycles. The molecular formula is C20H22ClN3O2S. The Hall–Kier alpha value is -2.18. The van der Waals surface area contributed by atoms with Crippen molar-refractivity contribution in [3.63, 3.8) is 0 Å². The Morgan fingerprint density at radius 2 is 1.70 bits per heavy atom. The van der Waals surface area contributed by atoms with Crippen LogP contribution < -0.4 is 10.2 Å². The van der Waals surface area contributed by atoms with Crippen LogP contribution in [0.15, 0.2) is 53.4 Å². The summed E-state index contributed by atoms with van der Waals surface area (Å²) in [6, 6.07) is 15.2. The largest absolute Gasteiger partial charge is 0.366 e. The van der Waals surface area contributed by atoms with Crippen LogP contribution in [0.2, 0.25) is 5.02 Å². The number of para-hydroxylation sites is 2. The number of nitrogens with one attached hydrogen (secondary N) is 1. The minimum absolute atomic E-state index is 0.0511. The van der Waals surface area contributed by atoms with E-state index < -0.39 is 0 Å². The molecule has 1 aliphatic heterocycles. The average molecular weight is 404 g/mol. The average Bonchev–Trinajstić information content (AvgIpc) is 2.68. The molecule has 1 aliphatic rings. The quantitative estimate of drug-likeness (QED) is 0.772. The predicted octanol–water partition coefficient (Wildman–Crippen LogP) is 3.74. The van der Waals surface area contributed by atoms with Crippen molar-refractivity contribution in [2.45, 2.75) is 11.8 Å². The lowest BCUT2D eigenvalue weighted by Crippen LogP contribution is -2.48. The van der Waals surface area contributed by atoms with Crippen LogP contribution in [0.4, 0.5) is 11.4 Å². The molecule has 0 spiro atoms. The lowest BCUT2D eigenvalue weighted by molar-refractivity contribution is -0.129. The molecule has 0 unspecified atom stereocenters. The summed E-state index contributed by atoms with van der Waals surface area (Å²) in [6.45, 7) is 4.51. The van der Waals surface area contributed by atoms with Crippen molar-refractivity contribution in [3.8, 4) is 0 Å². The molecule has 1 saturated heterocycles. The zero-order valence-corrected chi connectivity index (χ0v) is 16.7. The number of halogens is 1. The van der Waals surface area contributed by atoms with Gasteiger partial charge in [-0.25, -0.2) is 0 Å². The number of hydrogen-bond donors (Lipinski definition) is 1. The predicted molar refractivity (Wildman–Crippen MR) is 112 cm³/mol. The number of nitrogens with zero attached hydrogens (tertiary/aromatic N) is 2. The maximum absolute atomic E-state index is 12.4. The van der Waals surface area contributed by atoms with Crippen molar-refractivity contribution in [2.75, 3.05) is 42.1 Å². The first-order valence-corrected chi connectivity index (χ1v) is 10.2. The molecule has 142 valence electrons. The number of piperazine rings is 1. The van der Waals surface area contributed by atoms with Gasteiger partial charge in [-0.3, -0.25) is 9.59 Å². The van der Waals surface area contributed by atoms with Crippen molar-refractivity contribution in [3.05, 3.63) is 53.6 Å². The van der Waals surface area contributed by atoms with Crippen molar-refractivity contribution in [2.24, 2.45) is 0 Å². The van der Waals surface area contributed by atoms with E-state index >= 15 is 0 Å². The number of thioether (sulfide) groups is 1. The number of anilines is 2. The first-order chi connectivity index (χ1) is 13.0. The summed E-state index contributed by atoms with van der Waals surface area (Å²) in [5.74, 6) is 0.383. The molecule has 1 N–H and O–H groups in total. The zero-order chi connectivity index (χ0) is 19.2. The zero-order valence-electron chi connectivity index (χ0n) is 15.2. The van der Waals surface area contributed by atoms with Gasteiger partial charge in [0, 0.05) is 43.0 Å². The van der Waals surface area contributed by atoms with Gasteiger partial charge < -0.3 is 15.1 Å². The fourth-order valence-electron chi connectivity index (χ4n) is 2.98. The van der Waals surface area contributed by atoms with Gasteiger partial charge in [-0.05, 0) is 36.4 Å². The van der Waals surface area contributed by atoms with E-state index in [0.717, 1.165) is 29.4 Å². The first kappa shape index (κ1) is 19.6. The first-order valence-electron chi connectivity index (χ1n) is 8.80. The van der Waals surface area contributed by atoms with Crippen LogP contribution in [0.5, 0.6) is 0 Å². The molecule has 0 bridgehead atoms. The summed E-state index contributed by atoms with van der Waals surface area (Å²) in [6.07, 6.45) is 0. The van der Waals surface area contributed by atoms with E-state index in [-0.39, 0.29) is 11.8 Å². The van der Waals surface area contributed by atoms with E-state index in [1.165, 1.54) is 11.8 Å². The summed E-state index contributed by atoms with van der Waals surface area (Å²) >= 11 is 7.36. The van der Waals surface area contributed by atoms with Crippen LogP contribution in [0, 0.1) is 0 Å². The minimum atomic E-state index is -0.0511. The molecule has 1 fully saturated rings. The number of carbonyl (C=O) groups is 2. The van der Waals surface area contributed by atoms with Crippen LogP contribution in [-0.4, -0.2) is 48.6 Å². The summed E-state index contributed by atoms with van der Waals surface area (Å²) in [7, 11) is 0. The third-order valence-corrected chi connectivity index (χ3v) is 5.69. The lowest BCUT2D eigenvalue weighted by Gasteiger charge is -2.36. The number of carbonyl (C=O) groups excluding carboxylic acids is 2. The van der Waals surface area contributed by atoms with Gasteiger partial charge in [-0.2, -0.15) is 0 Å². The fraction of sp³-hybridized carbons (Fsp3) is 0.300. The van der Waals surface area contributed by atoms with Crippen LogP contribution in [0.1, 0.15) is 6.92 Å². The Balaban J connectivity index is 1.59. The van der Waals surface area contributed by atoms with E-state index in [9.17, 15) is 9.59 Å². The lowest BCUT2D eigenvalue weighted by atomic mass is 10.2. The molecule has 0 atom stereocenters. The maximum atomic E-state index is 12.4. The second kappa shape index (κ2) is 9.15. The highest BCUT2D eigenvalue weighted by molar-refractivity contribution is 8.00. The second-order valence-corrected chi connectivity index (χ2v) is 7.79. The normalized spacial score (nSPS) is 14.1. The Kier molecular flexibility index (Phi) is 6.63. The highest BCUT2D eigenvalue weighted by Gasteiger charge is 2.20. The van der Waals surface area contributed by atoms with Crippen LogP contribution in [0.25, 0.3) is 0 Å². The fourth-order valence-corrected chi connectivity index (χ4v) is 3.81. The van der Waals surface area contributed by atoms with Crippen molar-refractivity contribution in [1.29, 1.82) is 0 Å². The van der Waals surface area contributed by atoms with Crippen molar-refractivity contribution in [1.82, 2.24) is 4.90 Å². The highest BCUT2D eigenvalue weighted by Crippen LogP contribution is 2.27. The Morgan fingerprint density at radius 1 is 1.04 bits per heavy atom. The molecule has 5 nitrogen and oxygen atoms in total. The van der Waals surface area contributed by atoms with Gasteiger partial charge in [0.25, 0.3) is 0 Å². The van der Waals surface area contributed by atoms with Crippen LogP contribution >= 0.6 is 23.4 Å². The van der Waals surface area contributed by atoms with E-state index in [1.807, 2.05) is 53.4 Å². The topological polar surface area (TPSA) is 52.7 Å². The smallest absolute Gasteiger partial charge is 0.234 e. The molecule has 2 aromatic carbocycles.